The Morgan fingerprint density at radius 2 is 2.08 bits per heavy atom. The molecule has 0 spiro atoms. The molecule has 0 bridgehead atoms. The molecular weight excluding hydrogens is 437 g/mol. The maximum Gasteiger partial charge on any atom is 0.308 e. The van der Waals surface area contributed by atoms with E-state index in [0.29, 0.717) is 12.7 Å². The van der Waals surface area contributed by atoms with E-state index >= 15 is 0 Å². The first kappa shape index (κ1) is 22.4. The van der Waals surface area contributed by atoms with E-state index in [1.54, 1.807) is 7.05 Å². The van der Waals surface area contributed by atoms with Crippen LogP contribution in [0.25, 0.3) is 0 Å². The van der Waals surface area contributed by atoms with Gasteiger partial charge in [0.05, 0.1) is 25.7 Å². The van der Waals surface area contributed by atoms with Crippen LogP contribution < -0.4 is 5.32 Å². The summed E-state index contributed by atoms with van der Waals surface area (Å²) in [6.07, 6.45) is 5.13. The van der Waals surface area contributed by atoms with Crippen LogP contribution in [0.15, 0.2) is 4.99 Å². The van der Waals surface area contributed by atoms with Crippen molar-refractivity contribution in [3.8, 4) is 0 Å². The normalized spacial score (nSPS) is 21.8. The highest BCUT2D eigenvalue weighted by Gasteiger charge is 2.26. The highest BCUT2D eigenvalue weighted by Crippen LogP contribution is 2.18. The predicted octanol–water partition coefficient (Wildman–Crippen LogP) is 1.65. The quantitative estimate of drug-likeness (QED) is 0.201. The summed E-state index contributed by atoms with van der Waals surface area (Å²) < 4.78 is 16.0. The van der Waals surface area contributed by atoms with Crippen molar-refractivity contribution in [3.63, 3.8) is 0 Å². The molecule has 8 heteroatoms. The van der Waals surface area contributed by atoms with Crippen LogP contribution in [-0.4, -0.2) is 76.5 Å². The summed E-state index contributed by atoms with van der Waals surface area (Å²) in [5, 5.41) is 3.37. The number of halogens is 1. The monoisotopic (exact) mass is 469 g/mol. The van der Waals surface area contributed by atoms with Gasteiger partial charge in [-0.2, -0.15) is 0 Å². The molecule has 0 aromatic heterocycles. The van der Waals surface area contributed by atoms with Crippen molar-refractivity contribution in [3.05, 3.63) is 0 Å². The largest absolute Gasteiger partial charge is 0.469 e. The standard InChI is InChI=1S/C17H31N3O4.HI/c1-18-17(20-9-6-14(7-10-20)16(21)22-2)19-8-4-11-23-13-15-5-3-12-24-15;/h14-15H,3-13H2,1-2H3,(H,18,19);1H. The number of carbonyl (C=O) groups excluding carboxylic acids is 1. The first-order valence-corrected chi connectivity index (χ1v) is 8.97. The van der Waals surface area contributed by atoms with E-state index in [9.17, 15) is 4.79 Å². The third-order valence-electron chi connectivity index (χ3n) is 4.62. The van der Waals surface area contributed by atoms with Crippen molar-refractivity contribution in [2.45, 2.75) is 38.2 Å². The minimum Gasteiger partial charge on any atom is -0.469 e. The van der Waals surface area contributed by atoms with Gasteiger partial charge in [-0.1, -0.05) is 0 Å². The highest BCUT2D eigenvalue weighted by molar-refractivity contribution is 14.0. The average molecular weight is 469 g/mol. The number of nitrogens with zero attached hydrogens (tertiary/aromatic N) is 2. The molecule has 0 aromatic rings. The van der Waals surface area contributed by atoms with Gasteiger partial charge in [0, 0.05) is 39.9 Å². The van der Waals surface area contributed by atoms with Crippen LogP contribution in [0.5, 0.6) is 0 Å². The Morgan fingerprint density at radius 3 is 2.68 bits per heavy atom. The molecule has 0 radical (unpaired) electrons. The van der Waals surface area contributed by atoms with E-state index in [-0.39, 0.29) is 35.9 Å². The minimum atomic E-state index is -0.0963. The molecule has 0 aliphatic carbocycles. The molecule has 25 heavy (non-hydrogen) atoms. The number of ether oxygens (including phenoxy) is 3. The number of guanidine groups is 1. The molecule has 2 rings (SSSR count). The lowest BCUT2D eigenvalue weighted by Gasteiger charge is -2.33. The summed E-state index contributed by atoms with van der Waals surface area (Å²) in [6.45, 7) is 4.79. The third-order valence-corrected chi connectivity index (χ3v) is 4.62. The smallest absolute Gasteiger partial charge is 0.308 e. The van der Waals surface area contributed by atoms with Gasteiger partial charge in [-0.3, -0.25) is 9.79 Å². The fraction of sp³-hybridized carbons (Fsp3) is 0.882. The van der Waals surface area contributed by atoms with E-state index in [0.717, 1.165) is 70.9 Å². The van der Waals surface area contributed by atoms with Crippen LogP contribution in [-0.2, 0) is 19.0 Å². The second kappa shape index (κ2) is 12.7. The molecule has 1 N–H and O–H groups in total. The van der Waals surface area contributed by atoms with Crippen molar-refractivity contribution in [2.24, 2.45) is 10.9 Å². The Hall–Kier alpha value is -0.610. The molecule has 0 saturated carbocycles. The second-order valence-corrected chi connectivity index (χ2v) is 6.32. The summed E-state index contributed by atoms with van der Waals surface area (Å²) >= 11 is 0. The number of aliphatic imine (C=N–C) groups is 1. The van der Waals surface area contributed by atoms with Crippen molar-refractivity contribution in [2.75, 3.05) is 53.6 Å². The van der Waals surface area contributed by atoms with Crippen molar-refractivity contribution >= 4 is 35.9 Å². The lowest BCUT2D eigenvalue weighted by Crippen LogP contribution is -2.47. The Labute approximate surface area is 167 Å². The van der Waals surface area contributed by atoms with E-state index in [1.165, 1.54) is 7.11 Å². The summed E-state index contributed by atoms with van der Waals surface area (Å²) in [7, 11) is 3.25. The Kier molecular flexibility index (Phi) is 11.4. The van der Waals surface area contributed by atoms with Gasteiger partial charge in [0.15, 0.2) is 5.96 Å². The van der Waals surface area contributed by atoms with Crippen molar-refractivity contribution < 1.29 is 19.0 Å². The highest BCUT2D eigenvalue weighted by atomic mass is 127. The number of likely N-dealkylation sites (tertiary alicyclic amines) is 1. The fourth-order valence-corrected chi connectivity index (χ4v) is 3.19. The van der Waals surface area contributed by atoms with Gasteiger partial charge < -0.3 is 24.4 Å². The number of esters is 1. The predicted molar refractivity (Wildman–Crippen MR) is 107 cm³/mol. The molecule has 0 amide bonds. The van der Waals surface area contributed by atoms with Crippen LogP contribution in [0.2, 0.25) is 0 Å². The molecule has 0 aromatic carbocycles. The van der Waals surface area contributed by atoms with E-state index in [1.807, 2.05) is 0 Å². The molecule has 1 atom stereocenters. The lowest BCUT2D eigenvalue weighted by molar-refractivity contribution is -0.146. The van der Waals surface area contributed by atoms with Crippen molar-refractivity contribution in [1.82, 2.24) is 10.2 Å². The number of methoxy groups -OCH3 is 1. The number of carbonyl (C=O) groups is 1. The summed E-state index contributed by atoms with van der Waals surface area (Å²) in [5.41, 5.74) is 0. The van der Waals surface area contributed by atoms with E-state index in [4.69, 9.17) is 14.2 Å². The minimum absolute atomic E-state index is 0. The van der Waals surface area contributed by atoms with Gasteiger partial charge in [0.1, 0.15) is 0 Å². The molecule has 1 unspecified atom stereocenters. The van der Waals surface area contributed by atoms with Crippen LogP contribution in [0, 0.1) is 5.92 Å². The Balaban J connectivity index is 0.00000312. The van der Waals surface area contributed by atoms with Gasteiger partial charge >= 0.3 is 5.97 Å². The number of hydrogen-bond donors (Lipinski definition) is 1. The van der Waals surface area contributed by atoms with Crippen molar-refractivity contribution in [1.29, 1.82) is 0 Å². The van der Waals surface area contributed by atoms with Gasteiger partial charge in [0.2, 0.25) is 0 Å². The Bertz CT molecular complexity index is 409. The first-order valence-electron chi connectivity index (χ1n) is 8.97. The Morgan fingerprint density at radius 1 is 1.32 bits per heavy atom. The average Bonchev–Trinajstić information content (AvgIpc) is 3.14. The molecule has 2 aliphatic rings. The molecule has 2 heterocycles. The first-order chi connectivity index (χ1) is 11.7. The molecule has 2 fully saturated rings. The summed E-state index contributed by atoms with van der Waals surface area (Å²) in [4.78, 5) is 18.1. The van der Waals surface area contributed by atoms with Crippen LogP contribution >= 0.6 is 24.0 Å². The maximum atomic E-state index is 11.6. The zero-order valence-electron chi connectivity index (χ0n) is 15.4. The van der Waals surface area contributed by atoms with Crippen LogP contribution in [0.1, 0.15) is 32.1 Å². The molecule has 146 valence electrons. The number of hydrogen-bond acceptors (Lipinski definition) is 5. The fourth-order valence-electron chi connectivity index (χ4n) is 3.19. The van der Waals surface area contributed by atoms with Gasteiger partial charge in [-0.15, -0.1) is 24.0 Å². The van der Waals surface area contributed by atoms with Crippen LogP contribution in [0.4, 0.5) is 0 Å². The number of piperidine rings is 1. The SMILES string of the molecule is CN=C(NCCCOCC1CCCO1)N1CCC(C(=O)OC)CC1.I. The van der Waals surface area contributed by atoms with Gasteiger partial charge in [-0.25, -0.2) is 0 Å². The third kappa shape index (κ3) is 7.65. The van der Waals surface area contributed by atoms with E-state index in [2.05, 4.69) is 15.2 Å². The zero-order chi connectivity index (χ0) is 17.2. The molecule has 7 nitrogen and oxygen atoms in total. The van der Waals surface area contributed by atoms with E-state index < -0.39 is 0 Å². The lowest BCUT2D eigenvalue weighted by atomic mass is 9.97. The molecule has 2 aliphatic heterocycles. The second-order valence-electron chi connectivity index (χ2n) is 6.32. The summed E-state index contributed by atoms with van der Waals surface area (Å²) in [5.74, 6) is 0.828. The maximum absolute atomic E-state index is 11.6. The van der Waals surface area contributed by atoms with Gasteiger partial charge in [0.25, 0.3) is 0 Å². The number of nitrogens with one attached hydrogen (secondary N) is 1. The zero-order valence-corrected chi connectivity index (χ0v) is 17.7. The molecular formula is C17H32IN3O4. The van der Waals surface area contributed by atoms with Crippen LogP contribution in [0.3, 0.4) is 0 Å². The summed E-state index contributed by atoms with van der Waals surface area (Å²) in [6, 6.07) is 0. The number of rotatable bonds is 7. The topological polar surface area (TPSA) is 72.4 Å². The van der Waals surface area contributed by atoms with Gasteiger partial charge in [-0.05, 0) is 32.1 Å². The molecule has 2 saturated heterocycles.